The van der Waals surface area contributed by atoms with E-state index in [4.69, 9.17) is 4.74 Å². The van der Waals surface area contributed by atoms with Gasteiger partial charge in [0.2, 0.25) is 0 Å². The standard InChI is InChI=1S/C16H15N3O3/c1-3-22-15-8-7-12(9-14(15)19(20)21)13-10-18-11(2)5-4-6-16(18)17-13/h4-10H,3H2,1-2H3. The van der Waals surface area contributed by atoms with Crippen LogP contribution in [0.4, 0.5) is 5.69 Å². The van der Waals surface area contributed by atoms with Crippen LogP contribution in [0.3, 0.4) is 0 Å². The summed E-state index contributed by atoms with van der Waals surface area (Å²) >= 11 is 0. The number of hydrogen-bond donors (Lipinski definition) is 0. The lowest BCUT2D eigenvalue weighted by Gasteiger charge is -2.05. The van der Waals surface area contributed by atoms with Crippen molar-refractivity contribution in [2.24, 2.45) is 0 Å². The Morgan fingerprint density at radius 3 is 2.82 bits per heavy atom. The second-order valence-corrected chi connectivity index (χ2v) is 4.89. The molecule has 0 aliphatic rings. The van der Waals surface area contributed by atoms with Crippen molar-refractivity contribution in [1.82, 2.24) is 9.38 Å². The fourth-order valence-electron chi connectivity index (χ4n) is 2.38. The molecule has 3 rings (SSSR count). The number of nitro benzene ring substituents is 1. The average molecular weight is 297 g/mol. The molecule has 0 aliphatic heterocycles. The first kappa shape index (κ1) is 14.1. The zero-order valence-electron chi connectivity index (χ0n) is 12.3. The number of nitro groups is 1. The Labute approximate surface area is 127 Å². The predicted molar refractivity (Wildman–Crippen MR) is 83.2 cm³/mol. The van der Waals surface area contributed by atoms with Crippen molar-refractivity contribution in [3.05, 3.63) is 58.4 Å². The first-order chi connectivity index (χ1) is 10.6. The van der Waals surface area contributed by atoms with Gasteiger partial charge in [0.25, 0.3) is 0 Å². The van der Waals surface area contributed by atoms with E-state index in [2.05, 4.69) is 4.98 Å². The van der Waals surface area contributed by atoms with E-state index >= 15 is 0 Å². The summed E-state index contributed by atoms with van der Waals surface area (Å²) < 4.78 is 7.26. The van der Waals surface area contributed by atoms with Crippen molar-refractivity contribution in [1.29, 1.82) is 0 Å². The molecule has 112 valence electrons. The summed E-state index contributed by atoms with van der Waals surface area (Å²) in [5.41, 5.74) is 3.20. The molecule has 0 fully saturated rings. The normalized spacial score (nSPS) is 10.8. The molecule has 0 unspecified atom stereocenters. The van der Waals surface area contributed by atoms with Crippen LogP contribution in [0.5, 0.6) is 5.75 Å². The summed E-state index contributed by atoms with van der Waals surface area (Å²) in [7, 11) is 0. The quantitative estimate of drug-likeness (QED) is 0.545. The Kier molecular flexibility index (Phi) is 3.50. The number of ether oxygens (including phenoxy) is 1. The summed E-state index contributed by atoms with van der Waals surface area (Å²) in [5, 5.41) is 11.2. The molecule has 0 spiro atoms. The smallest absolute Gasteiger partial charge is 0.311 e. The van der Waals surface area contributed by atoms with Crippen molar-refractivity contribution in [3.63, 3.8) is 0 Å². The number of imidazole rings is 1. The first-order valence-electron chi connectivity index (χ1n) is 6.96. The van der Waals surface area contributed by atoms with Crippen LogP contribution in [-0.2, 0) is 0 Å². The Bertz CT molecular complexity index is 855. The van der Waals surface area contributed by atoms with Gasteiger partial charge in [0.05, 0.1) is 17.2 Å². The number of nitrogens with zero attached hydrogens (tertiary/aromatic N) is 3. The topological polar surface area (TPSA) is 69.7 Å². The largest absolute Gasteiger partial charge is 0.487 e. The van der Waals surface area contributed by atoms with Gasteiger partial charge in [-0.25, -0.2) is 4.98 Å². The molecule has 0 bridgehead atoms. The SMILES string of the molecule is CCOc1ccc(-c2cn3c(C)cccc3n2)cc1[N+](=O)[O-]. The lowest BCUT2D eigenvalue weighted by Crippen LogP contribution is -1.97. The number of aromatic nitrogens is 2. The third kappa shape index (κ3) is 2.39. The highest BCUT2D eigenvalue weighted by Gasteiger charge is 2.17. The number of pyridine rings is 1. The molecule has 6 heteroatoms. The van der Waals surface area contributed by atoms with Crippen molar-refractivity contribution >= 4 is 11.3 Å². The van der Waals surface area contributed by atoms with Crippen LogP contribution in [-0.4, -0.2) is 20.9 Å². The second kappa shape index (κ2) is 5.48. The molecule has 0 atom stereocenters. The fraction of sp³-hybridized carbons (Fsp3) is 0.188. The molecule has 0 amide bonds. The van der Waals surface area contributed by atoms with Gasteiger partial charge >= 0.3 is 5.69 Å². The van der Waals surface area contributed by atoms with E-state index in [9.17, 15) is 10.1 Å². The molecule has 0 N–H and O–H groups in total. The van der Waals surface area contributed by atoms with Gasteiger partial charge in [-0.1, -0.05) is 6.07 Å². The lowest BCUT2D eigenvalue weighted by atomic mass is 10.1. The van der Waals surface area contributed by atoms with Gasteiger partial charge in [-0.2, -0.15) is 0 Å². The van der Waals surface area contributed by atoms with Crippen LogP contribution in [0.25, 0.3) is 16.9 Å². The van der Waals surface area contributed by atoms with Crippen LogP contribution in [0.1, 0.15) is 12.6 Å². The molecule has 22 heavy (non-hydrogen) atoms. The molecular formula is C16H15N3O3. The highest BCUT2D eigenvalue weighted by Crippen LogP contribution is 2.32. The Hall–Kier alpha value is -2.89. The predicted octanol–water partition coefficient (Wildman–Crippen LogP) is 3.62. The van der Waals surface area contributed by atoms with E-state index < -0.39 is 4.92 Å². The van der Waals surface area contributed by atoms with Gasteiger partial charge in [-0.15, -0.1) is 0 Å². The van der Waals surface area contributed by atoms with E-state index in [-0.39, 0.29) is 11.4 Å². The average Bonchev–Trinajstić information content (AvgIpc) is 2.93. The minimum atomic E-state index is -0.435. The summed E-state index contributed by atoms with van der Waals surface area (Å²) in [6.45, 7) is 4.16. The minimum Gasteiger partial charge on any atom is -0.487 e. The number of hydrogen-bond acceptors (Lipinski definition) is 4. The summed E-state index contributed by atoms with van der Waals surface area (Å²) in [6, 6.07) is 10.7. The molecule has 0 aliphatic carbocycles. The molecule has 6 nitrogen and oxygen atoms in total. The minimum absolute atomic E-state index is 0.0480. The van der Waals surface area contributed by atoms with Crippen molar-refractivity contribution in [2.45, 2.75) is 13.8 Å². The Balaban J connectivity index is 2.12. The third-order valence-corrected chi connectivity index (χ3v) is 3.45. The zero-order valence-corrected chi connectivity index (χ0v) is 12.3. The van der Waals surface area contributed by atoms with E-state index in [0.29, 0.717) is 17.9 Å². The third-order valence-electron chi connectivity index (χ3n) is 3.45. The summed E-state index contributed by atoms with van der Waals surface area (Å²) in [4.78, 5) is 15.3. The van der Waals surface area contributed by atoms with Gasteiger partial charge in [-0.3, -0.25) is 10.1 Å². The van der Waals surface area contributed by atoms with Gasteiger partial charge < -0.3 is 9.14 Å². The van der Waals surface area contributed by atoms with E-state index in [1.54, 1.807) is 19.1 Å². The Morgan fingerprint density at radius 2 is 2.14 bits per heavy atom. The molecule has 3 aromatic rings. The molecule has 0 saturated carbocycles. The van der Waals surface area contributed by atoms with E-state index in [1.807, 2.05) is 35.7 Å². The number of benzene rings is 1. The molecule has 1 aromatic carbocycles. The van der Waals surface area contributed by atoms with Crippen LogP contribution in [0.15, 0.2) is 42.6 Å². The number of fused-ring (bicyclic) bond motifs is 1. The highest BCUT2D eigenvalue weighted by molar-refractivity contribution is 5.68. The van der Waals surface area contributed by atoms with E-state index in [0.717, 1.165) is 11.3 Å². The number of rotatable bonds is 4. The molecular weight excluding hydrogens is 282 g/mol. The van der Waals surface area contributed by atoms with Gasteiger partial charge in [0, 0.05) is 23.5 Å². The van der Waals surface area contributed by atoms with Gasteiger partial charge in [0.1, 0.15) is 5.65 Å². The summed E-state index contributed by atoms with van der Waals surface area (Å²) in [5.74, 6) is 0.274. The Morgan fingerprint density at radius 1 is 1.32 bits per heavy atom. The van der Waals surface area contributed by atoms with E-state index in [1.165, 1.54) is 6.07 Å². The first-order valence-corrected chi connectivity index (χ1v) is 6.96. The number of aryl methyl sites for hydroxylation is 1. The lowest BCUT2D eigenvalue weighted by molar-refractivity contribution is -0.385. The van der Waals surface area contributed by atoms with Crippen LogP contribution >= 0.6 is 0 Å². The van der Waals surface area contributed by atoms with Crippen LogP contribution < -0.4 is 4.74 Å². The maximum absolute atomic E-state index is 11.2. The van der Waals surface area contributed by atoms with Crippen molar-refractivity contribution in [2.75, 3.05) is 6.61 Å². The molecule has 0 radical (unpaired) electrons. The summed E-state index contributed by atoms with van der Waals surface area (Å²) in [6.07, 6.45) is 1.88. The zero-order chi connectivity index (χ0) is 15.7. The molecule has 2 aromatic heterocycles. The van der Waals surface area contributed by atoms with Crippen LogP contribution in [0, 0.1) is 17.0 Å². The van der Waals surface area contributed by atoms with Crippen molar-refractivity contribution in [3.8, 4) is 17.0 Å². The maximum atomic E-state index is 11.2. The maximum Gasteiger partial charge on any atom is 0.311 e. The van der Waals surface area contributed by atoms with Crippen LogP contribution in [0.2, 0.25) is 0 Å². The fourth-order valence-corrected chi connectivity index (χ4v) is 2.38. The van der Waals surface area contributed by atoms with Gasteiger partial charge in [0.15, 0.2) is 5.75 Å². The molecule has 0 saturated heterocycles. The molecule has 2 heterocycles. The monoisotopic (exact) mass is 297 g/mol. The van der Waals surface area contributed by atoms with Gasteiger partial charge in [-0.05, 0) is 38.1 Å². The van der Waals surface area contributed by atoms with Crippen molar-refractivity contribution < 1.29 is 9.66 Å². The second-order valence-electron chi connectivity index (χ2n) is 4.89. The highest BCUT2D eigenvalue weighted by atomic mass is 16.6.